The summed E-state index contributed by atoms with van der Waals surface area (Å²) >= 11 is 0. The van der Waals surface area contributed by atoms with E-state index in [1.807, 2.05) is 46.1 Å². The quantitative estimate of drug-likeness (QED) is 0.350. The maximum atomic E-state index is 15.0. The lowest BCUT2D eigenvalue weighted by molar-refractivity contribution is 0.579. The van der Waals surface area contributed by atoms with Gasteiger partial charge in [0.25, 0.3) is 0 Å². The van der Waals surface area contributed by atoms with Crippen LogP contribution >= 0.6 is 0 Å². The monoisotopic (exact) mass is 456 g/mol. The first-order valence-corrected chi connectivity index (χ1v) is 10.8. The molecule has 3 aromatic heterocycles. The van der Waals surface area contributed by atoms with Crippen LogP contribution in [0.15, 0.2) is 42.7 Å². The number of halogens is 2. The number of aromatic nitrogens is 6. The van der Waals surface area contributed by atoms with Crippen molar-refractivity contribution in [3.8, 4) is 33.8 Å². The summed E-state index contributed by atoms with van der Waals surface area (Å²) in [5, 5.41) is 4.26. The van der Waals surface area contributed by atoms with Gasteiger partial charge in [0, 0.05) is 36.0 Å². The molecule has 0 saturated carbocycles. The zero-order valence-electron chi connectivity index (χ0n) is 19.5. The number of aryl methyl sites for hydroxylation is 5. The Morgan fingerprint density at radius 1 is 0.735 bits per heavy atom. The minimum atomic E-state index is -0.714. The zero-order chi connectivity index (χ0) is 24.1. The van der Waals surface area contributed by atoms with Crippen molar-refractivity contribution in [2.45, 2.75) is 27.7 Å². The second-order valence-electron chi connectivity index (χ2n) is 8.53. The first-order chi connectivity index (χ1) is 16.2. The molecule has 0 aliphatic carbocycles. The maximum Gasteiger partial charge on any atom is 0.182 e. The summed E-state index contributed by atoms with van der Waals surface area (Å²) in [6, 6.07) is 8.31. The van der Waals surface area contributed by atoms with Crippen LogP contribution in [0.4, 0.5) is 8.78 Å². The Balaban J connectivity index is 1.79. The molecule has 170 valence electrons. The second kappa shape index (κ2) is 8.06. The minimum Gasteiger partial charge on any atom is -0.275 e. The van der Waals surface area contributed by atoms with Crippen molar-refractivity contribution in [1.29, 1.82) is 0 Å². The number of hydrogen-bond donors (Lipinski definition) is 0. The van der Waals surface area contributed by atoms with Gasteiger partial charge in [-0.1, -0.05) is 6.07 Å². The Kier molecular flexibility index (Phi) is 5.16. The van der Waals surface area contributed by atoms with Crippen LogP contribution in [0.3, 0.4) is 0 Å². The van der Waals surface area contributed by atoms with Gasteiger partial charge in [-0.2, -0.15) is 5.10 Å². The summed E-state index contributed by atoms with van der Waals surface area (Å²) in [6.07, 6.45) is 3.72. The molecule has 0 saturated heterocycles. The topological polar surface area (TPSA) is 69.4 Å². The van der Waals surface area contributed by atoms with Crippen molar-refractivity contribution in [3.05, 3.63) is 76.9 Å². The van der Waals surface area contributed by atoms with Crippen LogP contribution in [0.1, 0.15) is 22.5 Å². The van der Waals surface area contributed by atoms with Crippen LogP contribution < -0.4 is 0 Å². The predicted octanol–water partition coefficient (Wildman–Crippen LogP) is 5.67. The lowest BCUT2D eigenvalue weighted by atomic mass is 10.0. The van der Waals surface area contributed by atoms with E-state index in [4.69, 9.17) is 4.98 Å². The Morgan fingerprint density at radius 2 is 1.47 bits per heavy atom. The van der Waals surface area contributed by atoms with Gasteiger partial charge in [-0.25, -0.2) is 28.7 Å². The van der Waals surface area contributed by atoms with Crippen LogP contribution in [0.25, 0.3) is 44.9 Å². The smallest absolute Gasteiger partial charge is 0.182 e. The first kappa shape index (κ1) is 21.8. The highest BCUT2D eigenvalue weighted by atomic mass is 19.1. The highest BCUT2D eigenvalue weighted by molar-refractivity contribution is 5.89. The average Bonchev–Trinajstić information content (AvgIpc) is 3.22. The molecule has 8 heteroatoms. The molecule has 5 rings (SSSR count). The van der Waals surface area contributed by atoms with Gasteiger partial charge in [-0.15, -0.1) is 0 Å². The number of benzene rings is 2. The summed E-state index contributed by atoms with van der Waals surface area (Å²) in [6.45, 7) is 7.25. The SMILES string of the molecule is Cc1cc(-c2cnn(C)c2)cc(-c2nc(-c3cc(C)c(F)cc3F)c3nc(C)c(C)nc3n2)c1. The summed E-state index contributed by atoms with van der Waals surface area (Å²) in [5.41, 5.74) is 6.58. The van der Waals surface area contributed by atoms with Crippen LogP contribution in [0.2, 0.25) is 0 Å². The van der Waals surface area contributed by atoms with Gasteiger partial charge in [0.2, 0.25) is 0 Å². The van der Waals surface area contributed by atoms with Gasteiger partial charge in [0.15, 0.2) is 11.5 Å². The van der Waals surface area contributed by atoms with E-state index < -0.39 is 11.6 Å². The van der Waals surface area contributed by atoms with Gasteiger partial charge in [-0.3, -0.25) is 4.68 Å². The standard InChI is InChI=1S/C26H22F2N6/c1-13-6-17(19-11-29-34(5)12-19)9-18(7-13)25-32-23(20-8-14(2)21(27)10-22(20)28)24-26(33-25)31-16(4)15(3)30-24/h6-12H,1-5H3. The Bertz CT molecular complexity index is 1590. The number of rotatable bonds is 3. The van der Waals surface area contributed by atoms with Crippen molar-refractivity contribution in [2.24, 2.45) is 7.05 Å². The molecule has 0 N–H and O–H groups in total. The lowest BCUT2D eigenvalue weighted by Gasteiger charge is -2.12. The van der Waals surface area contributed by atoms with E-state index in [1.54, 1.807) is 17.8 Å². The third-order valence-corrected chi connectivity index (χ3v) is 5.82. The van der Waals surface area contributed by atoms with Crippen molar-refractivity contribution < 1.29 is 8.78 Å². The Morgan fingerprint density at radius 3 is 2.21 bits per heavy atom. The third-order valence-electron chi connectivity index (χ3n) is 5.82. The molecule has 0 atom stereocenters. The Hall–Kier alpha value is -4.07. The molecule has 0 amide bonds. The minimum absolute atomic E-state index is 0.158. The summed E-state index contributed by atoms with van der Waals surface area (Å²) in [5.74, 6) is -0.942. The first-order valence-electron chi connectivity index (χ1n) is 10.8. The largest absolute Gasteiger partial charge is 0.275 e. The van der Waals surface area contributed by atoms with E-state index in [0.717, 1.165) is 34.0 Å². The fourth-order valence-electron chi connectivity index (χ4n) is 3.92. The molecule has 0 radical (unpaired) electrons. The van der Waals surface area contributed by atoms with Crippen molar-refractivity contribution in [1.82, 2.24) is 29.7 Å². The molecule has 0 aliphatic heterocycles. The third kappa shape index (κ3) is 3.81. The highest BCUT2D eigenvalue weighted by Crippen LogP contribution is 2.32. The van der Waals surface area contributed by atoms with Crippen LogP contribution in [-0.4, -0.2) is 29.7 Å². The fourth-order valence-corrected chi connectivity index (χ4v) is 3.92. The zero-order valence-corrected chi connectivity index (χ0v) is 19.5. The molecular weight excluding hydrogens is 434 g/mol. The van der Waals surface area contributed by atoms with E-state index >= 15 is 0 Å². The van der Waals surface area contributed by atoms with Crippen molar-refractivity contribution in [2.75, 3.05) is 0 Å². The molecular formula is C26H22F2N6. The van der Waals surface area contributed by atoms with E-state index in [1.165, 1.54) is 6.07 Å². The van der Waals surface area contributed by atoms with Crippen molar-refractivity contribution in [3.63, 3.8) is 0 Å². The number of nitrogens with zero attached hydrogens (tertiary/aromatic N) is 6. The molecule has 0 fully saturated rings. The molecule has 0 spiro atoms. The number of fused-ring (bicyclic) bond motifs is 1. The molecule has 6 nitrogen and oxygen atoms in total. The van der Waals surface area contributed by atoms with Crippen LogP contribution in [0, 0.1) is 39.3 Å². The molecule has 34 heavy (non-hydrogen) atoms. The fraction of sp³-hybridized carbons (Fsp3) is 0.192. The van der Waals surface area contributed by atoms with Crippen LogP contribution in [-0.2, 0) is 7.05 Å². The van der Waals surface area contributed by atoms with E-state index in [-0.39, 0.29) is 11.3 Å². The summed E-state index contributed by atoms with van der Waals surface area (Å²) < 4.78 is 30.7. The van der Waals surface area contributed by atoms with Crippen molar-refractivity contribution >= 4 is 11.2 Å². The van der Waals surface area contributed by atoms with Gasteiger partial charge in [0.1, 0.15) is 22.8 Å². The normalized spacial score (nSPS) is 11.4. The van der Waals surface area contributed by atoms with E-state index in [2.05, 4.69) is 26.1 Å². The lowest BCUT2D eigenvalue weighted by Crippen LogP contribution is -2.03. The van der Waals surface area contributed by atoms with E-state index in [9.17, 15) is 8.78 Å². The van der Waals surface area contributed by atoms with Gasteiger partial charge in [0.05, 0.1) is 17.6 Å². The van der Waals surface area contributed by atoms with E-state index in [0.29, 0.717) is 28.2 Å². The molecule has 3 heterocycles. The van der Waals surface area contributed by atoms with Gasteiger partial charge in [-0.05, 0) is 62.6 Å². The average molecular weight is 457 g/mol. The Labute approximate surface area is 195 Å². The second-order valence-corrected chi connectivity index (χ2v) is 8.53. The molecule has 0 aliphatic rings. The summed E-state index contributed by atoms with van der Waals surface area (Å²) in [4.78, 5) is 18.6. The number of hydrogen-bond acceptors (Lipinski definition) is 5. The van der Waals surface area contributed by atoms with Gasteiger partial charge < -0.3 is 0 Å². The molecule has 0 bridgehead atoms. The molecule has 0 unspecified atom stereocenters. The van der Waals surface area contributed by atoms with Crippen LogP contribution in [0.5, 0.6) is 0 Å². The summed E-state index contributed by atoms with van der Waals surface area (Å²) in [7, 11) is 1.86. The predicted molar refractivity (Wildman–Crippen MR) is 127 cm³/mol. The van der Waals surface area contributed by atoms with Gasteiger partial charge >= 0.3 is 0 Å². The molecule has 5 aromatic rings. The maximum absolute atomic E-state index is 15.0. The highest BCUT2D eigenvalue weighted by Gasteiger charge is 2.19. The molecule has 2 aromatic carbocycles.